The number of likely N-dealkylation sites (tertiary alicyclic amines) is 1. The molecule has 0 saturated carbocycles. The minimum atomic E-state index is -3.78. The Kier molecular flexibility index (Phi) is 7.06. The van der Waals surface area contributed by atoms with Crippen molar-refractivity contribution in [3.63, 3.8) is 0 Å². The molecule has 8 nitrogen and oxygen atoms in total. The average molecular weight is 526 g/mol. The first-order valence-electron chi connectivity index (χ1n) is 11.9. The van der Waals surface area contributed by atoms with Gasteiger partial charge < -0.3 is 23.0 Å². The minimum Gasteiger partial charge on any atom is -0.541 e. The molecule has 1 spiro atoms. The van der Waals surface area contributed by atoms with E-state index in [1.165, 1.54) is 0 Å². The zero-order valence-corrected chi connectivity index (χ0v) is 24.2. The van der Waals surface area contributed by atoms with Crippen LogP contribution in [0.3, 0.4) is 0 Å². The Morgan fingerprint density at radius 3 is 2.20 bits per heavy atom. The molecule has 0 aromatic heterocycles. The molecule has 3 rings (SSSR count). The lowest BCUT2D eigenvalue weighted by Gasteiger charge is -2.43. The predicted molar refractivity (Wildman–Crippen MR) is 139 cm³/mol. The summed E-state index contributed by atoms with van der Waals surface area (Å²) >= 11 is 0. The Bertz CT molecular complexity index is 1110. The number of hydrogen-bond donors (Lipinski definition) is 0. The van der Waals surface area contributed by atoms with Gasteiger partial charge in [0.25, 0.3) is 8.32 Å². The van der Waals surface area contributed by atoms with Gasteiger partial charge in [-0.1, -0.05) is 26.8 Å². The number of rotatable bonds is 4. The number of piperidine rings is 1. The molecule has 1 saturated heterocycles. The normalized spacial score (nSPS) is 18.3. The molecule has 196 valence electrons. The first-order valence-corrected chi connectivity index (χ1v) is 16.7. The number of fused-ring (bicyclic) bond motifs is 1. The lowest BCUT2D eigenvalue weighted by Crippen LogP contribution is -2.51. The first-order chi connectivity index (χ1) is 15.8. The third-order valence-electron chi connectivity index (χ3n) is 6.62. The Hall–Kier alpha value is -2.20. The molecule has 0 radical (unpaired) electrons. The number of nitrogens with zero attached hydrogens (tertiary/aromatic N) is 1. The maximum Gasteiger partial charge on any atom is 0.410 e. The summed E-state index contributed by atoms with van der Waals surface area (Å²) in [5.41, 5.74) is -0.885. The Morgan fingerprint density at radius 1 is 1.09 bits per heavy atom. The van der Waals surface area contributed by atoms with Crippen molar-refractivity contribution in [2.24, 2.45) is 0 Å². The van der Waals surface area contributed by atoms with Crippen LogP contribution in [0.4, 0.5) is 4.79 Å². The van der Waals surface area contributed by atoms with Crippen molar-refractivity contribution in [2.45, 2.75) is 83.7 Å². The lowest BCUT2D eigenvalue weighted by molar-refractivity contribution is -0.00206. The van der Waals surface area contributed by atoms with E-state index < -0.39 is 29.6 Å². The molecule has 0 atom stereocenters. The van der Waals surface area contributed by atoms with Crippen molar-refractivity contribution >= 4 is 30.3 Å². The van der Waals surface area contributed by atoms with Gasteiger partial charge in [-0.3, -0.25) is 0 Å². The van der Waals surface area contributed by atoms with Crippen LogP contribution in [-0.2, 0) is 19.0 Å². The molecule has 10 heteroatoms. The summed E-state index contributed by atoms with van der Waals surface area (Å²) < 4.78 is 48.3. The van der Waals surface area contributed by atoms with E-state index in [2.05, 4.69) is 33.9 Å². The molecule has 0 N–H and O–H groups in total. The number of hydrogen-bond acceptors (Lipinski definition) is 7. The van der Waals surface area contributed by atoms with Gasteiger partial charge in [-0.25, -0.2) is 4.79 Å². The molecule has 2 aliphatic rings. The molecule has 1 amide bonds. The van der Waals surface area contributed by atoms with Gasteiger partial charge >= 0.3 is 16.2 Å². The second-order valence-corrected chi connectivity index (χ2v) is 18.2. The highest BCUT2D eigenvalue weighted by Crippen LogP contribution is 2.48. The van der Waals surface area contributed by atoms with Crippen molar-refractivity contribution in [2.75, 3.05) is 19.3 Å². The van der Waals surface area contributed by atoms with Gasteiger partial charge in [-0.05, 0) is 51.0 Å². The maximum atomic E-state index is 12.6. The van der Waals surface area contributed by atoms with E-state index in [1.807, 2.05) is 32.9 Å². The van der Waals surface area contributed by atoms with Crippen molar-refractivity contribution in [3.8, 4) is 11.5 Å². The second kappa shape index (κ2) is 9.03. The van der Waals surface area contributed by atoms with Gasteiger partial charge in [-0.15, -0.1) is 0 Å². The minimum absolute atomic E-state index is 0.0389. The van der Waals surface area contributed by atoms with Gasteiger partial charge in [0, 0.05) is 32.0 Å². The largest absolute Gasteiger partial charge is 0.541 e. The topological polar surface area (TPSA) is 91.4 Å². The van der Waals surface area contributed by atoms with Gasteiger partial charge in [0.05, 0.1) is 11.8 Å². The van der Waals surface area contributed by atoms with Gasteiger partial charge in [0.2, 0.25) is 0 Å². The fourth-order valence-electron chi connectivity index (χ4n) is 3.75. The molecule has 2 heterocycles. The Labute approximate surface area is 210 Å². The summed E-state index contributed by atoms with van der Waals surface area (Å²) in [6, 6.07) is 5.44. The van der Waals surface area contributed by atoms with Gasteiger partial charge in [-0.2, -0.15) is 8.42 Å². The molecule has 0 bridgehead atoms. The zero-order chi connectivity index (χ0) is 26.4. The van der Waals surface area contributed by atoms with E-state index in [-0.39, 0.29) is 16.9 Å². The Morgan fingerprint density at radius 2 is 1.69 bits per heavy atom. The lowest BCUT2D eigenvalue weighted by atomic mass is 9.87. The van der Waals surface area contributed by atoms with E-state index in [9.17, 15) is 13.2 Å². The van der Waals surface area contributed by atoms with Crippen LogP contribution in [0.25, 0.3) is 5.76 Å². The fraction of sp³-hybridized carbons (Fsp3) is 0.640. The molecule has 1 aromatic rings. The van der Waals surface area contributed by atoms with Crippen LogP contribution in [0.15, 0.2) is 24.3 Å². The van der Waals surface area contributed by atoms with E-state index in [0.29, 0.717) is 43.0 Å². The number of para-hydroxylation sites is 1. The third kappa shape index (κ3) is 6.52. The molecule has 2 aliphatic heterocycles. The quantitative estimate of drug-likeness (QED) is 0.376. The maximum absolute atomic E-state index is 12.6. The van der Waals surface area contributed by atoms with Crippen molar-refractivity contribution in [1.82, 2.24) is 4.90 Å². The highest BCUT2D eigenvalue weighted by molar-refractivity contribution is 7.86. The smallest absolute Gasteiger partial charge is 0.410 e. The number of amides is 1. The molecular weight excluding hydrogens is 486 g/mol. The van der Waals surface area contributed by atoms with Crippen LogP contribution in [0.5, 0.6) is 11.5 Å². The molecular formula is C25H39NO7SSi. The average Bonchev–Trinajstić information content (AvgIpc) is 2.65. The SMILES string of the molecule is CC(C)(C)OC(=O)N1CCC2(C=C(OS(C)(=O)=O)c3cccc(O[Si](C)(C)C(C)(C)C)c3O2)CC1. The summed E-state index contributed by atoms with van der Waals surface area (Å²) in [6.45, 7) is 17.1. The number of carbonyl (C=O) groups is 1. The highest BCUT2D eigenvalue weighted by Gasteiger charge is 2.44. The van der Waals surface area contributed by atoms with Crippen molar-refractivity contribution in [3.05, 3.63) is 29.8 Å². The molecule has 1 fully saturated rings. The standard InChI is InChI=1S/C25H39NO7SSi/c1-23(2,3)31-22(27)26-15-13-25(14-16-26)17-20(32-34(7,28)29)18-11-10-12-19(21(18)30-25)33-35(8,9)24(4,5)6/h10-12,17H,13-16H2,1-9H3. The number of carbonyl (C=O) groups excluding carboxylic acids is 1. The van der Waals surface area contributed by atoms with E-state index in [0.717, 1.165) is 6.26 Å². The zero-order valence-electron chi connectivity index (χ0n) is 22.4. The predicted octanol–water partition coefficient (Wildman–Crippen LogP) is 5.55. The van der Waals surface area contributed by atoms with Crippen LogP contribution < -0.4 is 9.16 Å². The van der Waals surface area contributed by atoms with Crippen LogP contribution in [0, 0.1) is 0 Å². The van der Waals surface area contributed by atoms with Crippen molar-refractivity contribution < 1.29 is 31.3 Å². The molecule has 0 aliphatic carbocycles. The number of ether oxygens (including phenoxy) is 2. The van der Waals surface area contributed by atoms with E-state index in [4.69, 9.17) is 18.1 Å². The van der Waals surface area contributed by atoms with Gasteiger partial charge in [0.15, 0.2) is 11.5 Å². The number of benzene rings is 1. The first kappa shape index (κ1) is 27.4. The second-order valence-electron chi connectivity index (χ2n) is 11.9. The van der Waals surface area contributed by atoms with Crippen LogP contribution >= 0.6 is 0 Å². The van der Waals surface area contributed by atoms with E-state index in [1.54, 1.807) is 17.0 Å². The molecule has 35 heavy (non-hydrogen) atoms. The summed E-state index contributed by atoms with van der Waals surface area (Å²) in [5.74, 6) is 1.27. The monoisotopic (exact) mass is 525 g/mol. The summed E-state index contributed by atoms with van der Waals surface area (Å²) in [6.07, 6.45) is 3.30. The van der Waals surface area contributed by atoms with Crippen LogP contribution in [0.2, 0.25) is 18.1 Å². The summed E-state index contributed by atoms with van der Waals surface area (Å²) in [4.78, 5) is 14.2. The molecule has 1 aromatic carbocycles. The Balaban J connectivity index is 1.96. The van der Waals surface area contributed by atoms with Gasteiger partial charge in [0.1, 0.15) is 17.0 Å². The highest BCUT2D eigenvalue weighted by atomic mass is 32.2. The van der Waals surface area contributed by atoms with E-state index >= 15 is 0 Å². The van der Waals surface area contributed by atoms with Crippen LogP contribution in [-0.4, -0.2) is 58.3 Å². The fourth-order valence-corrected chi connectivity index (χ4v) is 5.23. The molecule has 0 unspecified atom stereocenters. The summed E-state index contributed by atoms with van der Waals surface area (Å²) in [7, 11) is -5.99. The summed E-state index contributed by atoms with van der Waals surface area (Å²) in [5, 5.41) is -0.0389. The third-order valence-corrected chi connectivity index (χ3v) is 11.4. The van der Waals surface area contributed by atoms with Crippen LogP contribution in [0.1, 0.15) is 59.9 Å². The van der Waals surface area contributed by atoms with Crippen molar-refractivity contribution in [1.29, 1.82) is 0 Å².